The molecule has 7 nitrogen and oxygen atoms in total. The predicted molar refractivity (Wildman–Crippen MR) is 92.3 cm³/mol. The minimum absolute atomic E-state index is 0.181. The van der Waals surface area contributed by atoms with E-state index in [4.69, 9.17) is 9.15 Å². The molecule has 8 heteroatoms. The standard InChI is InChI=1S/C17H14N4O3S/c1-10(22)21-12-7-4-3-6-11(12)14-15(18-17(25-2)20-19-14)24-16(21)13-8-5-9-23-13/h3-9,16H,1-2H3/t16-/m1/s1. The number of para-hydroxylation sites is 1. The summed E-state index contributed by atoms with van der Waals surface area (Å²) in [4.78, 5) is 18.4. The van der Waals surface area contributed by atoms with Crippen LogP contribution in [0.1, 0.15) is 18.9 Å². The number of furan rings is 1. The first-order valence-corrected chi connectivity index (χ1v) is 8.79. The Bertz CT molecular complexity index is 929. The summed E-state index contributed by atoms with van der Waals surface area (Å²) in [5.41, 5.74) is 1.89. The number of carbonyl (C=O) groups excluding carboxylic acids is 1. The average Bonchev–Trinajstić information content (AvgIpc) is 3.11. The number of fused-ring (bicyclic) bond motifs is 3. The van der Waals surface area contributed by atoms with Crippen LogP contribution in [0.3, 0.4) is 0 Å². The molecule has 1 aliphatic heterocycles. The van der Waals surface area contributed by atoms with E-state index in [1.54, 1.807) is 18.4 Å². The molecular formula is C17H14N4O3S. The van der Waals surface area contributed by atoms with Gasteiger partial charge < -0.3 is 9.15 Å². The molecule has 25 heavy (non-hydrogen) atoms. The molecule has 1 amide bonds. The molecule has 1 aromatic carbocycles. The maximum Gasteiger partial charge on any atom is 0.247 e. The molecule has 3 aromatic rings. The highest BCUT2D eigenvalue weighted by Crippen LogP contribution is 2.43. The van der Waals surface area contributed by atoms with E-state index in [0.717, 1.165) is 5.56 Å². The zero-order valence-corrected chi connectivity index (χ0v) is 14.4. The Hall–Kier alpha value is -2.87. The number of carbonyl (C=O) groups is 1. The molecule has 2 aromatic heterocycles. The molecule has 0 fully saturated rings. The van der Waals surface area contributed by atoms with E-state index in [2.05, 4.69) is 15.2 Å². The van der Waals surface area contributed by atoms with Gasteiger partial charge in [-0.3, -0.25) is 9.69 Å². The van der Waals surface area contributed by atoms with Crippen molar-refractivity contribution in [3.63, 3.8) is 0 Å². The molecule has 0 saturated heterocycles. The predicted octanol–water partition coefficient (Wildman–Crippen LogP) is 3.30. The van der Waals surface area contributed by atoms with Crippen LogP contribution in [-0.4, -0.2) is 27.3 Å². The van der Waals surface area contributed by atoms with Crippen LogP contribution in [0, 0.1) is 0 Å². The molecule has 126 valence electrons. The number of benzene rings is 1. The van der Waals surface area contributed by atoms with E-state index in [0.29, 0.717) is 28.2 Å². The van der Waals surface area contributed by atoms with Gasteiger partial charge in [-0.05, 0) is 24.5 Å². The zero-order chi connectivity index (χ0) is 17.4. The third-order valence-electron chi connectivity index (χ3n) is 3.82. The highest BCUT2D eigenvalue weighted by Gasteiger charge is 2.35. The molecule has 3 heterocycles. The molecule has 0 N–H and O–H groups in total. The van der Waals surface area contributed by atoms with E-state index in [-0.39, 0.29) is 5.91 Å². The number of ether oxygens (including phenoxy) is 1. The van der Waals surface area contributed by atoms with E-state index >= 15 is 0 Å². The van der Waals surface area contributed by atoms with Gasteiger partial charge in [-0.2, -0.15) is 4.98 Å². The molecule has 0 spiro atoms. The van der Waals surface area contributed by atoms with Crippen molar-refractivity contribution >= 4 is 23.4 Å². The minimum atomic E-state index is -0.777. The Kier molecular flexibility index (Phi) is 3.89. The van der Waals surface area contributed by atoms with Crippen LogP contribution < -0.4 is 9.64 Å². The van der Waals surface area contributed by atoms with Crippen LogP contribution in [0.2, 0.25) is 0 Å². The van der Waals surface area contributed by atoms with E-state index in [9.17, 15) is 4.79 Å². The van der Waals surface area contributed by atoms with Crippen LogP contribution >= 0.6 is 11.8 Å². The monoisotopic (exact) mass is 354 g/mol. The number of hydrogen-bond donors (Lipinski definition) is 0. The van der Waals surface area contributed by atoms with Crippen LogP contribution in [0.5, 0.6) is 5.88 Å². The average molecular weight is 354 g/mol. The van der Waals surface area contributed by atoms with Gasteiger partial charge in [0.25, 0.3) is 0 Å². The van der Waals surface area contributed by atoms with Gasteiger partial charge in [0.2, 0.25) is 23.2 Å². The Labute approximate surface area is 148 Å². The zero-order valence-electron chi connectivity index (χ0n) is 13.5. The Morgan fingerprint density at radius 1 is 1.20 bits per heavy atom. The van der Waals surface area contributed by atoms with Gasteiger partial charge in [-0.15, -0.1) is 10.2 Å². The lowest BCUT2D eigenvalue weighted by Crippen LogP contribution is -2.35. The fourth-order valence-corrected chi connectivity index (χ4v) is 3.05. The van der Waals surface area contributed by atoms with Crippen LogP contribution in [0.15, 0.2) is 52.2 Å². The highest BCUT2D eigenvalue weighted by molar-refractivity contribution is 7.98. The van der Waals surface area contributed by atoms with Crippen molar-refractivity contribution in [2.45, 2.75) is 18.3 Å². The van der Waals surface area contributed by atoms with Crippen molar-refractivity contribution in [2.75, 3.05) is 11.2 Å². The molecule has 0 aliphatic carbocycles. The van der Waals surface area contributed by atoms with Crippen LogP contribution in [-0.2, 0) is 4.79 Å². The summed E-state index contributed by atoms with van der Waals surface area (Å²) < 4.78 is 11.6. The number of aromatic nitrogens is 3. The number of rotatable bonds is 2. The first-order valence-electron chi connectivity index (χ1n) is 7.57. The first kappa shape index (κ1) is 15.6. The van der Waals surface area contributed by atoms with Crippen LogP contribution in [0.25, 0.3) is 11.3 Å². The smallest absolute Gasteiger partial charge is 0.247 e. The lowest BCUT2D eigenvalue weighted by Gasteiger charge is -2.28. The molecule has 0 bridgehead atoms. The van der Waals surface area contributed by atoms with Gasteiger partial charge in [0.05, 0.1) is 12.0 Å². The number of hydrogen-bond acceptors (Lipinski definition) is 7. The van der Waals surface area contributed by atoms with E-state index in [1.165, 1.54) is 23.6 Å². The largest absolute Gasteiger partial charge is 0.463 e. The quantitative estimate of drug-likeness (QED) is 0.653. The highest BCUT2D eigenvalue weighted by atomic mass is 32.2. The van der Waals surface area contributed by atoms with Crippen molar-refractivity contribution in [3.8, 4) is 17.1 Å². The van der Waals surface area contributed by atoms with Gasteiger partial charge in [-0.25, -0.2) is 0 Å². The summed E-state index contributed by atoms with van der Waals surface area (Å²) in [6, 6.07) is 11.0. The third kappa shape index (κ3) is 2.64. The fourth-order valence-electron chi connectivity index (χ4n) is 2.76. The first-order chi connectivity index (χ1) is 12.2. The summed E-state index contributed by atoms with van der Waals surface area (Å²) >= 11 is 1.37. The lowest BCUT2D eigenvalue weighted by molar-refractivity contribution is -0.118. The van der Waals surface area contributed by atoms with Crippen molar-refractivity contribution in [1.29, 1.82) is 0 Å². The van der Waals surface area contributed by atoms with Crippen molar-refractivity contribution < 1.29 is 13.9 Å². The normalized spacial score (nSPS) is 15.8. The third-order valence-corrected chi connectivity index (χ3v) is 4.36. The topological polar surface area (TPSA) is 81.3 Å². The second-order valence-corrected chi connectivity index (χ2v) is 6.12. The fraction of sp³-hybridized carbons (Fsp3) is 0.176. The summed E-state index contributed by atoms with van der Waals surface area (Å²) in [5.74, 6) is 0.638. The molecule has 0 saturated carbocycles. The summed E-state index contributed by atoms with van der Waals surface area (Å²) in [6.45, 7) is 1.48. The second-order valence-electron chi connectivity index (χ2n) is 5.34. The van der Waals surface area contributed by atoms with Crippen molar-refractivity contribution in [3.05, 3.63) is 48.4 Å². The second kappa shape index (κ2) is 6.21. The van der Waals surface area contributed by atoms with Crippen molar-refractivity contribution in [2.24, 2.45) is 0 Å². The summed E-state index contributed by atoms with van der Waals surface area (Å²) in [6.07, 6.45) is 2.63. The molecular weight excluding hydrogens is 340 g/mol. The van der Waals surface area contributed by atoms with Crippen molar-refractivity contribution in [1.82, 2.24) is 15.2 Å². The molecule has 4 rings (SSSR count). The minimum Gasteiger partial charge on any atom is -0.463 e. The number of amides is 1. The maximum atomic E-state index is 12.4. The molecule has 1 aliphatic rings. The Morgan fingerprint density at radius 2 is 2.04 bits per heavy atom. The van der Waals surface area contributed by atoms with Gasteiger partial charge >= 0.3 is 0 Å². The van der Waals surface area contributed by atoms with E-state index in [1.807, 2.05) is 30.5 Å². The van der Waals surface area contributed by atoms with Gasteiger partial charge in [-0.1, -0.05) is 30.0 Å². The van der Waals surface area contributed by atoms with Gasteiger partial charge in [0, 0.05) is 12.5 Å². The van der Waals surface area contributed by atoms with Gasteiger partial charge in [0.15, 0.2) is 11.5 Å². The van der Waals surface area contributed by atoms with E-state index < -0.39 is 6.23 Å². The Morgan fingerprint density at radius 3 is 2.76 bits per heavy atom. The van der Waals surface area contributed by atoms with Gasteiger partial charge in [0.1, 0.15) is 0 Å². The Balaban J connectivity index is 1.98. The molecule has 1 atom stereocenters. The number of thioether (sulfide) groups is 1. The summed E-state index contributed by atoms with van der Waals surface area (Å²) in [5, 5.41) is 8.87. The molecule has 0 radical (unpaired) electrons. The van der Waals surface area contributed by atoms with Crippen LogP contribution in [0.4, 0.5) is 5.69 Å². The number of anilines is 1. The maximum absolute atomic E-state index is 12.4. The lowest BCUT2D eigenvalue weighted by atomic mass is 10.1. The number of nitrogens with zero attached hydrogens (tertiary/aromatic N) is 4. The molecule has 0 unspecified atom stereocenters. The summed E-state index contributed by atoms with van der Waals surface area (Å²) in [7, 11) is 0. The SMILES string of the molecule is CSc1nnc2c(n1)O[C@H](c1ccco1)N(C(C)=O)c1ccccc1-2.